The average Bonchev–Trinajstić information content (AvgIpc) is 3.12. The second-order valence-electron chi connectivity index (χ2n) is 8.05. The zero-order chi connectivity index (χ0) is 26.7. The molecule has 37 heavy (non-hydrogen) atoms. The number of carbonyl (C=O) groups is 2. The van der Waals surface area contributed by atoms with Crippen molar-refractivity contribution < 1.29 is 22.7 Å². The molecule has 0 radical (unpaired) electrons. The molecule has 4 aromatic rings. The summed E-state index contributed by atoms with van der Waals surface area (Å²) in [5, 5.41) is 6.18. The number of esters is 1. The largest absolute Gasteiger partial charge is 0.462 e. The Bertz CT molecular complexity index is 1600. The summed E-state index contributed by atoms with van der Waals surface area (Å²) in [6, 6.07) is 12.8. The molecule has 0 spiro atoms. The number of para-hydroxylation sites is 2. The number of ether oxygens (including phenoxy) is 1. The molecular formula is C25H25N5O5S2. The maximum Gasteiger partial charge on any atom is 0.341 e. The first-order chi connectivity index (χ1) is 17.6. The van der Waals surface area contributed by atoms with Crippen molar-refractivity contribution in [1.29, 1.82) is 0 Å². The third-order valence-electron chi connectivity index (χ3n) is 5.38. The third kappa shape index (κ3) is 5.70. The molecule has 0 aliphatic heterocycles. The van der Waals surface area contributed by atoms with Gasteiger partial charge in [0.1, 0.15) is 5.00 Å². The van der Waals surface area contributed by atoms with Gasteiger partial charge < -0.3 is 15.4 Å². The van der Waals surface area contributed by atoms with Crippen molar-refractivity contribution >= 4 is 66.6 Å². The second kappa shape index (κ2) is 10.5. The Morgan fingerprint density at radius 1 is 0.973 bits per heavy atom. The monoisotopic (exact) mass is 539 g/mol. The summed E-state index contributed by atoms with van der Waals surface area (Å²) >= 11 is 1.33. The minimum Gasteiger partial charge on any atom is -0.462 e. The molecule has 2 aromatic carbocycles. The second-order valence-corrected chi connectivity index (χ2v) is 11.0. The molecule has 0 saturated heterocycles. The molecular weight excluding hydrogens is 514 g/mol. The fraction of sp³-hybridized carbons (Fsp3) is 0.200. The van der Waals surface area contributed by atoms with Gasteiger partial charge in [-0.15, -0.1) is 11.3 Å². The standard InChI is InChI=1S/C25H25N5O5S2/c1-5-35-25(32)21-14(2)15(3)36-24(21)29-22-23(28-20-9-7-6-8-19(20)27-22)30-37(33,34)18-12-10-17(11-13-18)26-16(4)31/h6-13H,5H2,1-4H3,(H,26,31)(H,27,29)(H,28,30). The van der Waals surface area contributed by atoms with Gasteiger partial charge in [0.15, 0.2) is 11.6 Å². The van der Waals surface area contributed by atoms with Crippen LogP contribution >= 0.6 is 11.3 Å². The highest BCUT2D eigenvalue weighted by Crippen LogP contribution is 2.37. The highest BCUT2D eigenvalue weighted by atomic mass is 32.2. The van der Waals surface area contributed by atoms with E-state index in [2.05, 4.69) is 25.3 Å². The fourth-order valence-corrected chi connectivity index (χ4v) is 5.59. The first kappa shape index (κ1) is 26.0. The van der Waals surface area contributed by atoms with Gasteiger partial charge in [-0.2, -0.15) is 0 Å². The molecule has 0 fully saturated rings. The van der Waals surface area contributed by atoms with E-state index in [4.69, 9.17) is 4.74 Å². The maximum absolute atomic E-state index is 13.2. The summed E-state index contributed by atoms with van der Waals surface area (Å²) < 4.78 is 34.2. The van der Waals surface area contributed by atoms with E-state index in [1.807, 2.05) is 13.8 Å². The Hall–Kier alpha value is -4.03. The van der Waals surface area contributed by atoms with Gasteiger partial charge >= 0.3 is 5.97 Å². The number of sulfonamides is 1. The molecule has 12 heteroatoms. The number of nitrogens with zero attached hydrogens (tertiary/aromatic N) is 2. The van der Waals surface area contributed by atoms with E-state index in [1.165, 1.54) is 42.5 Å². The Kier molecular flexibility index (Phi) is 7.41. The normalized spacial score (nSPS) is 11.2. The minimum absolute atomic E-state index is 0.0301. The van der Waals surface area contributed by atoms with Gasteiger partial charge in [0.25, 0.3) is 10.0 Å². The number of aryl methyl sites for hydroxylation is 1. The molecule has 0 unspecified atom stereocenters. The first-order valence-corrected chi connectivity index (χ1v) is 13.6. The predicted molar refractivity (Wildman–Crippen MR) is 144 cm³/mol. The van der Waals surface area contributed by atoms with E-state index in [0.717, 1.165) is 10.4 Å². The van der Waals surface area contributed by atoms with E-state index in [0.29, 0.717) is 27.3 Å². The summed E-state index contributed by atoms with van der Waals surface area (Å²) in [6.45, 7) is 7.01. The van der Waals surface area contributed by atoms with Crippen LogP contribution < -0.4 is 15.4 Å². The van der Waals surface area contributed by atoms with Crippen LogP contribution in [0.3, 0.4) is 0 Å². The van der Waals surface area contributed by atoms with Crippen LogP contribution in [-0.2, 0) is 19.6 Å². The van der Waals surface area contributed by atoms with Gasteiger partial charge in [-0.25, -0.2) is 23.2 Å². The number of amides is 1. The molecule has 3 N–H and O–H groups in total. The van der Waals surface area contributed by atoms with Gasteiger partial charge in [-0.1, -0.05) is 12.1 Å². The van der Waals surface area contributed by atoms with Crippen molar-refractivity contribution in [2.45, 2.75) is 32.6 Å². The predicted octanol–water partition coefficient (Wildman–Crippen LogP) is 4.99. The van der Waals surface area contributed by atoms with E-state index < -0.39 is 16.0 Å². The van der Waals surface area contributed by atoms with Crippen LogP contribution in [0.4, 0.5) is 22.3 Å². The number of thiophene rings is 1. The Balaban J connectivity index is 1.75. The lowest BCUT2D eigenvalue weighted by atomic mass is 10.1. The van der Waals surface area contributed by atoms with Gasteiger partial charge in [-0.05, 0) is 62.7 Å². The molecule has 0 aliphatic carbocycles. The SMILES string of the molecule is CCOC(=O)c1c(Nc2nc3ccccc3nc2NS(=O)(=O)c2ccc(NC(C)=O)cc2)sc(C)c1C. The van der Waals surface area contributed by atoms with Crippen molar-refractivity contribution in [2.75, 3.05) is 22.0 Å². The summed E-state index contributed by atoms with van der Waals surface area (Å²) in [5.41, 5.74) is 2.61. The van der Waals surface area contributed by atoms with E-state index in [1.54, 1.807) is 31.2 Å². The lowest BCUT2D eigenvalue weighted by Crippen LogP contribution is -2.16. The maximum atomic E-state index is 13.2. The molecule has 0 atom stereocenters. The number of nitrogens with one attached hydrogen (secondary N) is 3. The van der Waals surface area contributed by atoms with Crippen LogP contribution in [0.25, 0.3) is 11.0 Å². The molecule has 1 amide bonds. The third-order valence-corrected chi connectivity index (χ3v) is 7.86. The Morgan fingerprint density at radius 3 is 2.19 bits per heavy atom. The molecule has 0 bridgehead atoms. The van der Waals surface area contributed by atoms with Crippen LogP contribution in [-0.4, -0.2) is 36.9 Å². The number of rotatable bonds is 8. The van der Waals surface area contributed by atoms with Crippen LogP contribution in [0.1, 0.15) is 34.6 Å². The highest BCUT2D eigenvalue weighted by Gasteiger charge is 2.24. The van der Waals surface area contributed by atoms with E-state index in [-0.39, 0.29) is 29.0 Å². The molecule has 2 heterocycles. The molecule has 10 nitrogen and oxygen atoms in total. The van der Waals surface area contributed by atoms with Crippen LogP contribution in [0, 0.1) is 13.8 Å². The van der Waals surface area contributed by atoms with Crippen molar-refractivity contribution in [3.8, 4) is 0 Å². The topological polar surface area (TPSA) is 139 Å². The zero-order valence-electron chi connectivity index (χ0n) is 20.6. The summed E-state index contributed by atoms with van der Waals surface area (Å²) in [4.78, 5) is 33.9. The first-order valence-electron chi connectivity index (χ1n) is 11.3. The van der Waals surface area contributed by atoms with Gasteiger partial charge in [-0.3, -0.25) is 9.52 Å². The lowest BCUT2D eigenvalue weighted by Gasteiger charge is -2.14. The number of hydrogen-bond acceptors (Lipinski definition) is 9. The number of hydrogen-bond donors (Lipinski definition) is 3. The van der Waals surface area contributed by atoms with Crippen LogP contribution in [0.15, 0.2) is 53.4 Å². The lowest BCUT2D eigenvalue weighted by molar-refractivity contribution is -0.114. The molecule has 192 valence electrons. The quantitative estimate of drug-likeness (QED) is 0.266. The van der Waals surface area contributed by atoms with Crippen molar-refractivity contribution in [1.82, 2.24) is 9.97 Å². The molecule has 0 saturated carbocycles. The number of benzene rings is 2. The van der Waals surface area contributed by atoms with Crippen molar-refractivity contribution in [2.24, 2.45) is 0 Å². The number of anilines is 4. The zero-order valence-corrected chi connectivity index (χ0v) is 22.2. The molecule has 0 aliphatic rings. The Morgan fingerprint density at radius 2 is 1.59 bits per heavy atom. The van der Waals surface area contributed by atoms with Crippen molar-refractivity contribution in [3.05, 3.63) is 64.5 Å². The average molecular weight is 540 g/mol. The van der Waals surface area contributed by atoms with Gasteiger partial charge in [0.05, 0.1) is 28.1 Å². The molecule has 2 aromatic heterocycles. The van der Waals surface area contributed by atoms with E-state index in [9.17, 15) is 18.0 Å². The summed E-state index contributed by atoms with van der Waals surface area (Å²) in [6.07, 6.45) is 0. The van der Waals surface area contributed by atoms with Crippen LogP contribution in [0.2, 0.25) is 0 Å². The molecule has 4 rings (SSSR count). The van der Waals surface area contributed by atoms with Crippen LogP contribution in [0.5, 0.6) is 0 Å². The van der Waals surface area contributed by atoms with Crippen molar-refractivity contribution in [3.63, 3.8) is 0 Å². The fourth-order valence-electron chi connectivity index (χ4n) is 3.54. The van der Waals surface area contributed by atoms with Gasteiger partial charge in [0.2, 0.25) is 5.91 Å². The minimum atomic E-state index is -4.07. The summed E-state index contributed by atoms with van der Waals surface area (Å²) in [7, 11) is -4.07. The summed E-state index contributed by atoms with van der Waals surface area (Å²) in [5.74, 6) is -0.661. The van der Waals surface area contributed by atoms with E-state index >= 15 is 0 Å². The number of fused-ring (bicyclic) bond motifs is 1. The number of aromatic nitrogens is 2. The van der Waals surface area contributed by atoms with Gasteiger partial charge in [0, 0.05) is 17.5 Å². The smallest absolute Gasteiger partial charge is 0.341 e. The Labute approximate surface area is 218 Å². The highest BCUT2D eigenvalue weighted by molar-refractivity contribution is 7.92. The number of carbonyl (C=O) groups excluding carboxylic acids is 2.